The van der Waals surface area contributed by atoms with E-state index in [0.717, 1.165) is 68.1 Å². The second-order valence-electron chi connectivity index (χ2n) is 22.0. The highest BCUT2D eigenvalue weighted by Gasteiger charge is 2.47. The fraction of sp³-hybridized carbons (Fsp3) is 0.333. The minimum Gasteiger partial charge on any atom is -0.437 e. The molecular formula is C57H70O9Si4. The molecular weight excluding hydrogens is 941 g/mol. The number of carbonyl (C=O) groups is 2. The van der Waals surface area contributed by atoms with Crippen molar-refractivity contribution in [2.45, 2.75) is 123 Å². The van der Waals surface area contributed by atoms with Crippen molar-refractivity contribution >= 4 is 46.1 Å². The maximum Gasteiger partial charge on any atom is 0.519 e. The predicted octanol–water partition coefficient (Wildman–Crippen LogP) is 15.5. The molecule has 0 bridgehead atoms. The number of hydrogen-bond acceptors (Lipinski definition) is 9. The average Bonchev–Trinajstić information content (AvgIpc) is 3.55. The van der Waals surface area contributed by atoms with Gasteiger partial charge in [-0.3, -0.25) is 0 Å². The maximum absolute atomic E-state index is 14.0. The van der Waals surface area contributed by atoms with Crippen molar-refractivity contribution in [3.8, 4) is 34.1 Å². The third-order valence-electron chi connectivity index (χ3n) is 12.3. The second kappa shape index (κ2) is 20.4. The summed E-state index contributed by atoms with van der Waals surface area (Å²) in [5.74, 6) is 1.56. The molecule has 1 atom stereocenters. The van der Waals surface area contributed by atoms with Crippen molar-refractivity contribution in [3.63, 3.8) is 0 Å². The summed E-state index contributed by atoms with van der Waals surface area (Å²) < 4.78 is 44.3. The summed E-state index contributed by atoms with van der Waals surface area (Å²) >= 11 is 0. The summed E-state index contributed by atoms with van der Waals surface area (Å²) in [5.41, 5.74) is 8.51. The zero-order valence-electron chi connectivity index (χ0n) is 43.5. The topological polar surface area (TPSA) is 98.8 Å². The first-order valence-electron chi connectivity index (χ1n) is 24.3. The van der Waals surface area contributed by atoms with Crippen LogP contribution in [-0.2, 0) is 29.6 Å². The van der Waals surface area contributed by atoms with Crippen LogP contribution in [-0.4, -0.2) is 46.1 Å². The van der Waals surface area contributed by atoms with Crippen LogP contribution in [0.4, 0.5) is 9.59 Å². The fourth-order valence-electron chi connectivity index (χ4n) is 9.80. The molecule has 7 rings (SSSR count). The molecule has 6 aromatic rings. The lowest BCUT2D eigenvalue weighted by Crippen LogP contribution is -2.56. The molecule has 1 aliphatic carbocycles. The van der Waals surface area contributed by atoms with Gasteiger partial charge in [0.05, 0.1) is 5.41 Å². The summed E-state index contributed by atoms with van der Waals surface area (Å²) in [5, 5.41) is 0. The average molecular weight is 1010 g/mol. The Hall–Kier alpha value is -5.39. The molecule has 1 aliphatic rings. The Morgan fingerprint density at radius 2 is 0.986 bits per heavy atom. The van der Waals surface area contributed by atoms with Crippen molar-refractivity contribution in [1.82, 2.24) is 0 Å². The van der Waals surface area contributed by atoms with Crippen LogP contribution in [0.2, 0.25) is 65.0 Å². The van der Waals surface area contributed by atoms with E-state index in [9.17, 15) is 9.59 Å². The SMILES string of the molecule is Cc1ccc(C2(c3ccc(C)c(OC(=O)Oc4ccccc4CCC[Si](C)(O[Si](C)(C)C)O[Si](C)(C)O[Si](C)(C)C)c3)c3ccccc3-c3ccccc32)cc1OC(=O)Oc1ccc(C(C)(C)C)cc1. The summed E-state index contributed by atoms with van der Waals surface area (Å²) in [6, 6.07) is 44.5. The molecule has 70 heavy (non-hydrogen) atoms. The van der Waals surface area contributed by atoms with Gasteiger partial charge in [-0.1, -0.05) is 124 Å². The summed E-state index contributed by atoms with van der Waals surface area (Å²) in [4.78, 5) is 27.4. The number of hydrogen-bond donors (Lipinski definition) is 0. The van der Waals surface area contributed by atoms with Crippen molar-refractivity contribution in [2.24, 2.45) is 0 Å². The van der Waals surface area contributed by atoms with Crippen molar-refractivity contribution < 1.29 is 40.9 Å². The van der Waals surface area contributed by atoms with Crippen LogP contribution in [0.5, 0.6) is 23.0 Å². The maximum atomic E-state index is 14.0. The van der Waals surface area contributed by atoms with Gasteiger partial charge < -0.3 is 31.3 Å². The first kappa shape index (κ1) is 52.4. The zero-order valence-corrected chi connectivity index (χ0v) is 47.5. The van der Waals surface area contributed by atoms with Crippen LogP contribution < -0.4 is 18.9 Å². The number of para-hydroxylation sites is 1. The Balaban J connectivity index is 1.17. The Morgan fingerprint density at radius 1 is 0.514 bits per heavy atom. The molecule has 0 radical (unpaired) electrons. The van der Waals surface area contributed by atoms with E-state index in [2.05, 4.69) is 116 Å². The normalized spacial score (nSPS) is 14.3. The highest BCUT2D eigenvalue weighted by Crippen LogP contribution is 2.57. The molecule has 368 valence electrons. The van der Waals surface area contributed by atoms with Crippen LogP contribution in [0.15, 0.2) is 133 Å². The van der Waals surface area contributed by atoms with E-state index in [0.29, 0.717) is 29.4 Å². The largest absolute Gasteiger partial charge is 0.519 e. The number of fused-ring (bicyclic) bond motifs is 3. The van der Waals surface area contributed by atoms with E-state index in [1.54, 1.807) is 18.2 Å². The van der Waals surface area contributed by atoms with E-state index in [4.69, 9.17) is 31.3 Å². The van der Waals surface area contributed by atoms with Crippen molar-refractivity contribution in [1.29, 1.82) is 0 Å². The molecule has 0 fully saturated rings. The Kier molecular flexibility index (Phi) is 15.3. The Labute approximate surface area is 420 Å². The Morgan fingerprint density at radius 3 is 1.50 bits per heavy atom. The van der Waals surface area contributed by atoms with Gasteiger partial charge in [0.25, 0.3) is 0 Å². The lowest BCUT2D eigenvalue weighted by atomic mass is 9.67. The van der Waals surface area contributed by atoms with Crippen LogP contribution in [0, 0.1) is 13.8 Å². The van der Waals surface area contributed by atoms with Gasteiger partial charge in [0, 0.05) is 0 Å². The van der Waals surface area contributed by atoms with Crippen LogP contribution in [0.3, 0.4) is 0 Å². The zero-order chi connectivity index (χ0) is 50.9. The number of rotatable bonds is 16. The highest BCUT2D eigenvalue weighted by atomic mass is 28.5. The minimum absolute atomic E-state index is 0.0447. The lowest BCUT2D eigenvalue weighted by Gasteiger charge is -2.41. The molecule has 0 amide bonds. The number of ether oxygens (including phenoxy) is 4. The van der Waals surface area contributed by atoms with E-state index < -0.39 is 51.5 Å². The first-order valence-corrected chi connectivity index (χ1v) is 36.4. The summed E-state index contributed by atoms with van der Waals surface area (Å²) in [6.45, 7) is 29.9. The van der Waals surface area contributed by atoms with Crippen LogP contribution in [0.25, 0.3) is 11.1 Å². The van der Waals surface area contributed by atoms with Gasteiger partial charge in [-0.25, -0.2) is 9.59 Å². The third kappa shape index (κ3) is 12.4. The number of aryl methyl sites for hydroxylation is 3. The molecule has 0 saturated carbocycles. The van der Waals surface area contributed by atoms with Gasteiger partial charge in [0.2, 0.25) is 0 Å². The highest BCUT2D eigenvalue weighted by molar-refractivity contribution is 6.89. The molecule has 0 heterocycles. The number of benzene rings is 6. The van der Waals surface area contributed by atoms with Gasteiger partial charge >= 0.3 is 29.4 Å². The van der Waals surface area contributed by atoms with Crippen LogP contribution in [0.1, 0.15) is 71.7 Å². The molecule has 0 aromatic heterocycles. The summed E-state index contributed by atoms with van der Waals surface area (Å²) in [6.07, 6.45) is -0.241. The number of carbonyl (C=O) groups excluding carboxylic acids is 2. The van der Waals surface area contributed by atoms with E-state index in [1.807, 2.05) is 92.7 Å². The fourth-order valence-corrected chi connectivity index (χ4v) is 27.8. The van der Waals surface area contributed by atoms with Gasteiger partial charge in [-0.15, -0.1) is 0 Å². The molecule has 13 heteroatoms. The quantitative estimate of drug-likeness (QED) is 0.0532. The monoisotopic (exact) mass is 1010 g/mol. The first-order chi connectivity index (χ1) is 32.8. The minimum atomic E-state index is -2.65. The standard InChI is InChI=1S/C57H70O9Si4/c1-40-29-31-44(38-52(40)62-54(58)60-46-35-33-43(34-36-46)56(3,4)5)57(49-26-18-16-24-47(49)48-25-17-19-27-50(48)57)45-32-30-41(2)53(39-45)63-55(59)61-51-28-20-15-22-42(51)23-21-37-70(14,65-68(9,10)11)66-69(12,13)64-67(6,7)8/h15-20,22,24-36,38-39H,21,23,37H2,1-14H3. The molecule has 1 unspecified atom stereocenters. The van der Waals surface area contributed by atoms with Gasteiger partial charge in [-0.2, -0.15) is 0 Å². The molecule has 0 aliphatic heterocycles. The molecule has 0 N–H and O–H groups in total. The second-order valence-corrected chi connectivity index (χ2v) is 38.5. The predicted molar refractivity (Wildman–Crippen MR) is 290 cm³/mol. The van der Waals surface area contributed by atoms with E-state index in [-0.39, 0.29) is 5.41 Å². The summed E-state index contributed by atoms with van der Waals surface area (Å²) in [7, 11) is -8.90. The van der Waals surface area contributed by atoms with Gasteiger partial charge in [0.1, 0.15) is 23.0 Å². The third-order valence-corrected chi connectivity index (χ3v) is 25.8. The molecule has 6 aromatic carbocycles. The van der Waals surface area contributed by atoms with Crippen LogP contribution >= 0.6 is 0 Å². The smallest absolute Gasteiger partial charge is 0.437 e. The Bertz CT molecular complexity index is 2810. The molecule has 0 saturated heterocycles. The van der Waals surface area contributed by atoms with E-state index in [1.165, 1.54) is 0 Å². The van der Waals surface area contributed by atoms with Crippen molar-refractivity contribution in [2.75, 3.05) is 0 Å². The van der Waals surface area contributed by atoms with Crippen molar-refractivity contribution in [3.05, 3.63) is 178 Å². The lowest BCUT2D eigenvalue weighted by molar-refractivity contribution is 0.150. The van der Waals surface area contributed by atoms with Gasteiger partial charge in [-0.05, 0) is 183 Å². The van der Waals surface area contributed by atoms with Gasteiger partial charge in [0.15, 0.2) is 16.6 Å². The molecule has 9 nitrogen and oxygen atoms in total. The van der Waals surface area contributed by atoms with E-state index >= 15 is 0 Å². The molecule has 0 spiro atoms.